The third-order valence-corrected chi connectivity index (χ3v) is 3.69. The molecule has 1 aromatic heterocycles. The second kappa shape index (κ2) is 6.30. The monoisotopic (exact) mass is 299 g/mol. The topological polar surface area (TPSA) is 37.8 Å². The quantitative estimate of drug-likeness (QED) is 0.901. The fraction of sp³-hybridized carbons (Fsp3) is 0.385. The zero-order chi connectivity index (χ0) is 13.8. The average Bonchev–Trinajstić information content (AvgIpc) is 2.77. The molecule has 102 valence electrons. The maximum absolute atomic E-state index is 13.3. The fourth-order valence-electron chi connectivity index (χ4n) is 1.58. The van der Waals surface area contributed by atoms with Crippen LogP contribution in [-0.4, -0.2) is 10.2 Å². The third kappa shape index (κ3) is 4.14. The number of nitrogens with zero attached hydrogens (tertiary/aromatic N) is 2. The van der Waals surface area contributed by atoms with Crippen molar-refractivity contribution in [3.63, 3.8) is 0 Å². The van der Waals surface area contributed by atoms with Crippen LogP contribution in [0, 0.1) is 11.7 Å². The Morgan fingerprint density at radius 3 is 2.84 bits per heavy atom. The maximum atomic E-state index is 13.3. The van der Waals surface area contributed by atoms with Crippen molar-refractivity contribution in [3.8, 4) is 0 Å². The van der Waals surface area contributed by atoms with Gasteiger partial charge in [0.05, 0.1) is 5.02 Å². The lowest BCUT2D eigenvalue weighted by Crippen LogP contribution is -1.99. The number of anilines is 1. The van der Waals surface area contributed by atoms with E-state index in [9.17, 15) is 4.39 Å². The first-order valence-electron chi connectivity index (χ1n) is 6.05. The van der Waals surface area contributed by atoms with E-state index in [1.54, 1.807) is 12.1 Å². The van der Waals surface area contributed by atoms with E-state index in [0.717, 1.165) is 22.1 Å². The molecule has 19 heavy (non-hydrogen) atoms. The molecule has 0 atom stereocenters. The van der Waals surface area contributed by atoms with Crippen LogP contribution in [0.1, 0.15) is 24.4 Å². The van der Waals surface area contributed by atoms with E-state index >= 15 is 0 Å². The lowest BCUT2D eigenvalue weighted by atomic mass is 10.1. The van der Waals surface area contributed by atoms with E-state index < -0.39 is 5.82 Å². The van der Waals surface area contributed by atoms with Gasteiger partial charge in [0.15, 0.2) is 0 Å². The number of hydrogen-bond donors (Lipinski definition) is 1. The summed E-state index contributed by atoms with van der Waals surface area (Å²) in [7, 11) is 0. The van der Waals surface area contributed by atoms with Gasteiger partial charge in [0.2, 0.25) is 5.13 Å². The summed E-state index contributed by atoms with van der Waals surface area (Å²) in [5, 5.41) is 13.2. The van der Waals surface area contributed by atoms with Crippen LogP contribution in [0.2, 0.25) is 5.02 Å². The summed E-state index contributed by atoms with van der Waals surface area (Å²) in [6, 6.07) is 4.76. The molecule has 1 N–H and O–H groups in total. The zero-order valence-electron chi connectivity index (χ0n) is 10.8. The van der Waals surface area contributed by atoms with Gasteiger partial charge in [0.25, 0.3) is 0 Å². The largest absolute Gasteiger partial charge is 0.356 e. The van der Waals surface area contributed by atoms with Gasteiger partial charge in [0.1, 0.15) is 10.8 Å². The molecule has 0 fully saturated rings. The number of benzene rings is 1. The summed E-state index contributed by atoms with van der Waals surface area (Å²) in [6.45, 7) is 4.79. The summed E-state index contributed by atoms with van der Waals surface area (Å²) < 4.78 is 13.3. The van der Waals surface area contributed by atoms with Gasteiger partial charge < -0.3 is 5.32 Å². The predicted octanol–water partition coefficient (Wildman–Crippen LogP) is 4.14. The van der Waals surface area contributed by atoms with Crippen LogP contribution in [0.25, 0.3) is 0 Å². The van der Waals surface area contributed by atoms with Crippen molar-refractivity contribution in [2.45, 2.75) is 26.8 Å². The molecule has 0 radical (unpaired) electrons. The molecule has 0 amide bonds. The number of halogens is 2. The molecule has 0 saturated heterocycles. The highest BCUT2D eigenvalue weighted by Gasteiger charge is 2.06. The van der Waals surface area contributed by atoms with Gasteiger partial charge in [-0.25, -0.2) is 4.39 Å². The van der Waals surface area contributed by atoms with E-state index in [2.05, 4.69) is 29.4 Å². The molecular formula is C13H15ClFN3S. The molecule has 1 aromatic carbocycles. The van der Waals surface area contributed by atoms with E-state index in [-0.39, 0.29) is 5.02 Å². The summed E-state index contributed by atoms with van der Waals surface area (Å²) in [4.78, 5) is 0. The van der Waals surface area contributed by atoms with Gasteiger partial charge in [-0.2, -0.15) is 0 Å². The van der Waals surface area contributed by atoms with Crippen LogP contribution >= 0.6 is 22.9 Å². The van der Waals surface area contributed by atoms with Crippen LogP contribution in [0.3, 0.4) is 0 Å². The predicted molar refractivity (Wildman–Crippen MR) is 77.2 cm³/mol. The minimum Gasteiger partial charge on any atom is -0.356 e. The van der Waals surface area contributed by atoms with Crippen LogP contribution in [0.4, 0.5) is 9.52 Å². The highest BCUT2D eigenvalue weighted by atomic mass is 35.5. The Labute approximate surface area is 120 Å². The number of aromatic nitrogens is 2. The Hall–Kier alpha value is -1.20. The van der Waals surface area contributed by atoms with Crippen LogP contribution in [0.15, 0.2) is 18.2 Å². The van der Waals surface area contributed by atoms with Crippen molar-refractivity contribution in [1.29, 1.82) is 0 Å². The standard InChI is InChI=1S/C13H15ClFN3S/c1-8(2)5-12-17-18-13(19-12)16-7-9-3-4-10(14)11(15)6-9/h3-4,6,8H,5,7H2,1-2H3,(H,16,18). The number of nitrogens with one attached hydrogen (secondary N) is 1. The first-order valence-corrected chi connectivity index (χ1v) is 7.24. The van der Waals surface area contributed by atoms with Gasteiger partial charge >= 0.3 is 0 Å². The Balaban J connectivity index is 1.94. The molecule has 0 spiro atoms. The van der Waals surface area contributed by atoms with E-state index in [1.165, 1.54) is 17.4 Å². The second-order valence-corrected chi connectivity index (χ2v) is 6.17. The molecule has 0 aliphatic heterocycles. The molecule has 0 unspecified atom stereocenters. The van der Waals surface area contributed by atoms with Gasteiger partial charge in [-0.3, -0.25) is 0 Å². The highest BCUT2D eigenvalue weighted by molar-refractivity contribution is 7.15. The molecule has 0 bridgehead atoms. The first-order chi connectivity index (χ1) is 9.04. The van der Waals surface area contributed by atoms with E-state index in [0.29, 0.717) is 12.5 Å². The van der Waals surface area contributed by atoms with Crippen molar-refractivity contribution >= 4 is 28.1 Å². The molecule has 0 saturated carbocycles. The van der Waals surface area contributed by atoms with E-state index in [4.69, 9.17) is 11.6 Å². The molecule has 1 heterocycles. The third-order valence-electron chi connectivity index (χ3n) is 2.48. The van der Waals surface area contributed by atoms with Crippen LogP contribution in [-0.2, 0) is 13.0 Å². The Morgan fingerprint density at radius 2 is 2.16 bits per heavy atom. The SMILES string of the molecule is CC(C)Cc1nnc(NCc2ccc(Cl)c(F)c2)s1. The van der Waals surface area contributed by atoms with Gasteiger partial charge in [-0.15, -0.1) is 10.2 Å². The summed E-state index contributed by atoms with van der Waals surface area (Å²) in [6.07, 6.45) is 0.926. The minimum atomic E-state index is -0.404. The summed E-state index contributed by atoms with van der Waals surface area (Å²) in [5.41, 5.74) is 0.822. The van der Waals surface area contributed by atoms with Crippen molar-refractivity contribution in [2.24, 2.45) is 5.92 Å². The molecular weight excluding hydrogens is 285 g/mol. The molecule has 2 aromatic rings. The van der Waals surface area contributed by atoms with Gasteiger partial charge in [-0.1, -0.05) is 42.9 Å². The molecule has 0 aliphatic rings. The normalized spacial score (nSPS) is 11.0. The second-order valence-electron chi connectivity index (χ2n) is 4.70. The Kier molecular flexibility index (Phi) is 4.71. The summed E-state index contributed by atoms with van der Waals surface area (Å²) in [5.74, 6) is 0.157. The first kappa shape index (κ1) is 14.2. The molecule has 3 nitrogen and oxygen atoms in total. The number of hydrogen-bond acceptors (Lipinski definition) is 4. The highest BCUT2D eigenvalue weighted by Crippen LogP contribution is 2.20. The Bertz CT molecular complexity index is 557. The Morgan fingerprint density at radius 1 is 1.37 bits per heavy atom. The van der Waals surface area contributed by atoms with E-state index in [1.807, 2.05) is 0 Å². The molecule has 0 aliphatic carbocycles. The maximum Gasteiger partial charge on any atom is 0.205 e. The van der Waals surface area contributed by atoms with Gasteiger partial charge in [-0.05, 0) is 23.6 Å². The van der Waals surface area contributed by atoms with Crippen LogP contribution < -0.4 is 5.32 Å². The van der Waals surface area contributed by atoms with Crippen LogP contribution in [0.5, 0.6) is 0 Å². The minimum absolute atomic E-state index is 0.138. The lowest BCUT2D eigenvalue weighted by molar-refractivity contribution is 0.626. The van der Waals surface area contributed by atoms with Crippen molar-refractivity contribution in [3.05, 3.63) is 39.6 Å². The summed E-state index contributed by atoms with van der Waals surface area (Å²) >= 11 is 7.17. The molecule has 2 rings (SSSR count). The lowest BCUT2D eigenvalue weighted by Gasteiger charge is -2.03. The zero-order valence-corrected chi connectivity index (χ0v) is 12.4. The fourth-order valence-corrected chi connectivity index (χ4v) is 2.65. The van der Waals surface area contributed by atoms with Crippen molar-refractivity contribution in [2.75, 3.05) is 5.32 Å². The number of rotatable bonds is 5. The van der Waals surface area contributed by atoms with Crippen molar-refractivity contribution in [1.82, 2.24) is 10.2 Å². The smallest absolute Gasteiger partial charge is 0.205 e. The molecule has 6 heteroatoms. The van der Waals surface area contributed by atoms with Gasteiger partial charge in [0, 0.05) is 13.0 Å². The van der Waals surface area contributed by atoms with Crippen molar-refractivity contribution < 1.29 is 4.39 Å². The average molecular weight is 300 g/mol.